The smallest absolute Gasteiger partial charge is 0.255 e. The predicted molar refractivity (Wildman–Crippen MR) is 82.1 cm³/mol. The third kappa shape index (κ3) is 3.68. The van der Waals surface area contributed by atoms with Gasteiger partial charge in [-0.3, -0.25) is 4.79 Å². The number of anilines is 1. The van der Waals surface area contributed by atoms with Crippen molar-refractivity contribution in [3.05, 3.63) is 65.2 Å². The normalized spacial score (nSPS) is 10.6. The fourth-order valence-electron chi connectivity index (χ4n) is 2.09. The van der Waals surface area contributed by atoms with E-state index in [4.69, 9.17) is 0 Å². The van der Waals surface area contributed by atoms with Gasteiger partial charge in [0, 0.05) is 16.8 Å². The van der Waals surface area contributed by atoms with Crippen LogP contribution in [0.25, 0.3) is 0 Å². The number of quaternary nitrogens is 1. The Morgan fingerprint density at radius 1 is 1.05 bits per heavy atom. The Balaban J connectivity index is 2.08. The van der Waals surface area contributed by atoms with Gasteiger partial charge < -0.3 is 10.2 Å². The van der Waals surface area contributed by atoms with E-state index in [0.29, 0.717) is 5.56 Å². The minimum absolute atomic E-state index is 0.0666. The molecule has 2 aromatic rings. The van der Waals surface area contributed by atoms with E-state index in [2.05, 4.69) is 19.4 Å². The molecule has 2 rings (SSSR count). The molecule has 1 amide bonds. The third-order valence-corrected chi connectivity index (χ3v) is 3.17. The number of amides is 1. The van der Waals surface area contributed by atoms with Crippen LogP contribution in [0.4, 0.5) is 5.69 Å². The first-order valence-corrected chi connectivity index (χ1v) is 6.81. The van der Waals surface area contributed by atoms with Crippen molar-refractivity contribution in [2.75, 3.05) is 19.4 Å². The van der Waals surface area contributed by atoms with E-state index in [1.54, 1.807) is 0 Å². The summed E-state index contributed by atoms with van der Waals surface area (Å²) in [5.74, 6) is -0.0666. The maximum atomic E-state index is 12.2. The molecule has 0 atom stereocenters. The van der Waals surface area contributed by atoms with Crippen LogP contribution in [0.15, 0.2) is 48.5 Å². The van der Waals surface area contributed by atoms with Crippen molar-refractivity contribution in [2.45, 2.75) is 13.5 Å². The van der Waals surface area contributed by atoms with Crippen LogP contribution >= 0.6 is 0 Å². The number of benzene rings is 2. The van der Waals surface area contributed by atoms with Crippen LogP contribution in [0.5, 0.6) is 0 Å². The number of nitrogens with one attached hydrogen (secondary N) is 2. The molecule has 2 N–H and O–H groups in total. The molecule has 0 aromatic heterocycles. The Hall–Kier alpha value is -2.13. The van der Waals surface area contributed by atoms with Gasteiger partial charge in [0.25, 0.3) is 5.91 Å². The monoisotopic (exact) mass is 269 g/mol. The van der Waals surface area contributed by atoms with Crippen LogP contribution in [0.1, 0.15) is 21.5 Å². The molecule has 0 spiro atoms. The highest BCUT2D eigenvalue weighted by Gasteiger charge is 2.07. The van der Waals surface area contributed by atoms with Crippen LogP contribution < -0.4 is 10.2 Å². The lowest BCUT2D eigenvalue weighted by Gasteiger charge is -2.09. The number of rotatable bonds is 4. The first-order valence-electron chi connectivity index (χ1n) is 6.81. The lowest BCUT2D eigenvalue weighted by molar-refractivity contribution is -0.872. The second kappa shape index (κ2) is 6.35. The van der Waals surface area contributed by atoms with E-state index in [1.165, 1.54) is 10.5 Å². The van der Waals surface area contributed by atoms with E-state index in [9.17, 15) is 4.79 Å². The molecular weight excluding hydrogens is 248 g/mol. The first kappa shape index (κ1) is 14.3. The van der Waals surface area contributed by atoms with Crippen molar-refractivity contribution in [1.29, 1.82) is 0 Å². The van der Waals surface area contributed by atoms with Crippen molar-refractivity contribution in [2.24, 2.45) is 0 Å². The first-order chi connectivity index (χ1) is 9.56. The summed E-state index contributed by atoms with van der Waals surface area (Å²) in [6.45, 7) is 2.94. The highest BCUT2D eigenvalue weighted by molar-refractivity contribution is 6.04. The van der Waals surface area contributed by atoms with E-state index < -0.39 is 0 Å². The number of para-hydroxylation sites is 1. The highest BCUT2D eigenvalue weighted by atomic mass is 16.1. The van der Waals surface area contributed by atoms with Gasteiger partial charge in [-0.25, -0.2) is 0 Å². The van der Waals surface area contributed by atoms with Gasteiger partial charge in [0.1, 0.15) is 6.54 Å². The molecule has 0 heterocycles. The second-order valence-electron chi connectivity index (χ2n) is 5.35. The summed E-state index contributed by atoms with van der Waals surface area (Å²) in [6, 6.07) is 15.6. The SMILES string of the molecule is Cc1ccccc1NC(=O)c1ccc(C[NH+](C)C)cc1. The van der Waals surface area contributed by atoms with Crippen LogP contribution in [0, 0.1) is 6.92 Å². The van der Waals surface area contributed by atoms with Crippen LogP contribution in [0.3, 0.4) is 0 Å². The van der Waals surface area contributed by atoms with Gasteiger partial charge in [0.05, 0.1) is 14.1 Å². The van der Waals surface area contributed by atoms with Gasteiger partial charge in [-0.1, -0.05) is 30.3 Å². The fraction of sp³-hybridized carbons (Fsp3) is 0.235. The van der Waals surface area contributed by atoms with Gasteiger partial charge in [-0.2, -0.15) is 0 Å². The molecule has 104 valence electrons. The molecule has 0 saturated heterocycles. The van der Waals surface area contributed by atoms with Crippen LogP contribution in [-0.2, 0) is 6.54 Å². The van der Waals surface area contributed by atoms with Gasteiger partial charge in [0.2, 0.25) is 0 Å². The number of hydrogen-bond donors (Lipinski definition) is 2. The molecule has 0 aliphatic heterocycles. The Morgan fingerprint density at radius 3 is 2.30 bits per heavy atom. The quantitative estimate of drug-likeness (QED) is 0.873. The zero-order chi connectivity index (χ0) is 14.5. The average molecular weight is 269 g/mol. The highest BCUT2D eigenvalue weighted by Crippen LogP contribution is 2.14. The van der Waals surface area contributed by atoms with Crippen LogP contribution in [0.2, 0.25) is 0 Å². The molecule has 3 nitrogen and oxygen atoms in total. The lowest BCUT2D eigenvalue weighted by atomic mass is 10.1. The largest absolute Gasteiger partial charge is 0.336 e. The Bertz CT molecular complexity index is 588. The zero-order valence-corrected chi connectivity index (χ0v) is 12.2. The molecule has 0 bridgehead atoms. The number of carbonyl (C=O) groups excluding carboxylic acids is 1. The summed E-state index contributed by atoms with van der Waals surface area (Å²) in [4.78, 5) is 13.5. The molecule has 2 aromatic carbocycles. The molecule has 0 aliphatic carbocycles. The average Bonchev–Trinajstić information content (AvgIpc) is 2.41. The molecule has 0 fully saturated rings. The van der Waals surface area contributed by atoms with E-state index >= 15 is 0 Å². The summed E-state index contributed by atoms with van der Waals surface area (Å²) in [6.07, 6.45) is 0. The molecule has 0 saturated carbocycles. The van der Waals surface area contributed by atoms with E-state index in [1.807, 2.05) is 55.5 Å². The summed E-state index contributed by atoms with van der Waals surface area (Å²) >= 11 is 0. The topological polar surface area (TPSA) is 33.5 Å². The maximum absolute atomic E-state index is 12.2. The van der Waals surface area contributed by atoms with Gasteiger partial charge >= 0.3 is 0 Å². The number of carbonyl (C=O) groups is 1. The van der Waals surface area contributed by atoms with Crippen molar-refractivity contribution in [3.63, 3.8) is 0 Å². The van der Waals surface area contributed by atoms with Gasteiger partial charge in [-0.05, 0) is 30.7 Å². The van der Waals surface area contributed by atoms with Crippen molar-refractivity contribution >= 4 is 11.6 Å². The zero-order valence-electron chi connectivity index (χ0n) is 12.2. The molecule has 20 heavy (non-hydrogen) atoms. The summed E-state index contributed by atoms with van der Waals surface area (Å²) in [5, 5.41) is 2.94. The summed E-state index contributed by atoms with van der Waals surface area (Å²) in [7, 11) is 4.22. The van der Waals surface area contributed by atoms with E-state index in [0.717, 1.165) is 17.8 Å². The maximum Gasteiger partial charge on any atom is 0.255 e. The van der Waals surface area contributed by atoms with Crippen molar-refractivity contribution in [3.8, 4) is 0 Å². The van der Waals surface area contributed by atoms with Crippen molar-refractivity contribution in [1.82, 2.24) is 0 Å². The standard InChI is InChI=1S/C17H20N2O/c1-13-6-4-5-7-16(13)18-17(20)15-10-8-14(9-11-15)12-19(2)3/h4-11H,12H2,1-3H3,(H,18,20)/p+1. The second-order valence-corrected chi connectivity index (χ2v) is 5.35. The third-order valence-electron chi connectivity index (χ3n) is 3.17. The molecule has 0 radical (unpaired) electrons. The van der Waals surface area contributed by atoms with Gasteiger partial charge in [0.15, 0.2) is 0 Å². The number of aryl methyl sites for hydroxylation is 1. The summed E-state index contributed by atoms with van der Waals surface area (Å²) < 4.78 is 0. The van der Waals surface area contributed by atoms with E-state index in [-0.39, 0.29) is 5.91 Å². The fourth-order valence-corrected chi connectivity index (χ4v) is 2.09. The molecule has 0 unspecified atom stereocenters. The lowest BCUT2D eigenvalue weighted by Crippen LogP contribution is -3.04. The predicted octanol–water partition coefficient (Wildman–Crippen LogP) is 1.89. The Labute approximate surface area is 120 Å². The Morgan fingerprint density at radius 2 is 1.70 bits per heavy atom. The Kier molecular flexibility index (Phi) is 4.53. The van der Waals surface area contributed by atoms with Crippen LogP contribution in [-0.4, -0.2) is 20.0 Å². The summed E-state index contributed by atoms with van der Waals surface area (Å²) in [5.41, 5.74) is 3.84. The van der Waals surface area contributed by atoms with Crippen molar-refractivity contribution < 1.29 is 9.69 Å². The minimum atomic E-state index is -0.0666. The minimum Gasteiger partial charge on any atom is -0.336 e. The number of hydrogen-bond acceptors (Lipinski definition) is 1. The molecular formula is C17H21N2O+. The molecule has 0 aliphatic rings. The molecule has 3 heteroatoms. The van der Waals surface area contributed by atoms with Gasteiger partial charge in [-0.15, -0.1) is 0 Å².